The Labute approximate surface area is 227 Å². The van der Waals surface area contributed by atoms with Crippen LogP contribution < -0.4 is 5.63 Å². The average molecular weight is 523 g/mol. The molecule has 6 heteroatoms. The third-order valence-corrected chi connectivity index (χ3v) is 11.8. The molecule has 4 fully saturated rings. The predicted octanol–water partition coefficient (Wildman–Crippen LogP) is 5.91. The van der Waals surface area contributed by atoms with Crippen molar-refractivity contribution in [1.29, 1.82) is 0 Å². The third kappa shape index (κ3) is 4.30. The maximum Gasteiger partial charge on any atom is 0.335 e. The molecule has 0 spiro atoms. The van der Waals surface area contributed by atoms with Gasteiger partial charge in [-0.25, -0.2) is 4.79 Å². The molecule has 0 amide bonds. The number of hydrogen-bond donors (Lipinski definition) is 1. The number of nitrogens with zero attached hydrogens (tertiary/aromatic N) is 2. The van der Waals surface area contributed by atoms with Crippen LogP contribution in [0.1, 0.15) is 96.5 Å². The lowest BCUT2D eigenvalue weighted by Gasteiger charge is -2.61. The molecule has 2 heterocycles. The van der Waals surface area contributed by atoms with Gasteiger partial charge in [0, 0.05) is 18.0 Å². The lowest BCUT2D eigenvalue weighted by molar-refractivity contribution is -0.176. The molecular weight excluding hydrogens is 476 g/mol. The number of fused-ring (bicyclic) bond motifs is 5. The first-order valence-corrected chi connectivity index (χ1v) is 15.2. The van der Waals surface area contributed by atoms with Gasteiger partial charge in [0.1, 0.15) is 6.61 Å². The first-order valence-electron chi connectivity index (χ1n) is 15.2. The summed E-state index contributed by atoms with van der Waals surface area (Å²) in [5.74, 6) is 1.90. The Morgan fingerprint density at radius 1 is 1.05 bits per heavy atom. The normalized spacial score (nSPS) is 40.8. The van der Waals surface area contributed by atoms with Gasteiger partial charge in [-0.2, -0.15) is 0 Å². The molecule has 0 bridgehead atoms. The van der Waals surface area contributed by atoms with E-state index in [2.05, 4.69) is 36.9 Å². The summed E-state index contributed by atoms with van der Waals surface area (Å²) in [6, 6.07) is 3.44. The minimum atomic E-state index is -0.672. The standard InChI is InChI=1S/C32H46N2O4/c1-22-11-16-34(17-12-22)18-19-38-33-25-8-13-30(2)24(20-25)5-6-28-27(30)9-14-31(3)26(10-15-32(28,31)36)23-4-7-29(35)37-21-23/h4,7,20-22,26-28,36H,5-6,8-19H2,1-3H3/b33-25+/t26-,27?,28-,30+,31-,32+/m1/s1. The monoisotopic (exact) mass is 522 g/mol. The highest BCUT2D eigenvalue weighted by atomic mass is 16.6. The van der Waals surface area contributed by atoms with Crippen LogP contribution in [0.4, 0.5) is 0 Å². The summed E-state index contributed by atoms with van der Waals surface area (Å²) < 4.78 is 5.23. The molecule has 1 unspecified atom stereocenters. The second kappa shape index (κ2) is 9.92. The van der Waals surface area contributed by atoms with E-state index >= 15 is 0 Å². The maximum absolute atomic E-state index is 12.4. The van der Waals surface area contributed by atoms with Gasteiger partial charge >= 0.3 is 5.63 Å². The molecule has 6 nitrogen and oxygen atoms in total. The van der Waals surface area contributed by atoms with Gasteiger partial charge in [0.2, 0.25) is 0 Å². The lowest BCUT2D eigenvalue weighted by atomic mass is 9.45. The summed E-state index contributed by atoms with van der Waals surface area (Å²) in [4.78, 5) is 19.9. The van der Waals surface area contributed by atoms with Crippen LogP contribution in [0.3, 0.4) is 0 Å². The largest absolute Gasteiger partial charge is 0.431 e. The van der Waals surface area contributed by atoms with Crippen molar-refractivity contribution in [2.75, 3.05) is 26.2 Å². The summed E-state index contributed by atoms with van der Waals surface area (Å²) in [5.41, 5.74) is 2.64. The quantitative estimate of drug-likeness (QED) is 0.385. The highest BCUT2D eigenvalue weighted by molar-refractivity contribution is 5.96. The Hall–Kier alpha value is -1.92. The molecule has 5 aliphatic rings. The lowest BCUT2D eigenvalue weighted by Crippen LogP contribution is -2.60. The van der Waals surface area contributed by atoms with E-state index in [0.29, 0.717) is 18.4 Å². The summed E-state index contributed by atoms with van der Waals surface area (Å²) in [6.07, 6.45) is 14.6. The summed E-state index contributed by atoms with van der Waals surface area (Å²) in [6.45, 7) is 11.1. The zero-order valence-electron chi connectivity index (χ0n) is 23.6. The summed E-state index contributed by atoms with van der Waals surface area (Å²) in [5, 5.41) is 17.0. The number of aliphatic hydroxyl groups is 1. The van der Waals surface area contributed by atoms with E-state index in [1.165, 1.54) is 37.6 Å². The molecule has 0 radical (unpaired) electrons. The fourth-order valence-corrected chi connectivity index (χ4v) is 9.30. The molecule has 1 aromatic heterocycles. The van der Waals surface area contributed by atoms with Crippen molar-refractivity contribution in [2.24, 2.45) is 33.7 Å². The zero-order chi connectivity index (χ0) is 26.5. The van der Waals surface area contributed by atoms with E-state index in [9.17, 15) is 9.90 Å². The zero-order valence-corrected chi connectivity index (χ0v) is 23.6. The Balaban J connectivity index is 1.14. The Morgan fingerprint density at radius 2 is 1.87 bits per heavy atom. The van der Waals surface area contributed by atoms with E-state index in [1.807, 2.05) is 6.07 Å². The van der Waals surface area contributed by atoms with Gasteiger partial charge in [-0.3, -0.25) is 4.90 Å². The molecule has 1 aliphatic heterocycles. The van der Waals surface area contributed by atoms with Gasteiger partial charge in [-0.05, 0) is 124 Å². The van der Waals surface area contributed by atoms with Gasteiger partial charge < -0.3 is 14.4 Å². The smallest absolute Gasteiger partial charge is 0.335 e. The van der Waals surface area contributed by atoms with E-state index < -0.39 is 5.60 Å². The van der Waals surface area contributed by atoms with Crippen molar-refractivity contribution in [3.05, 3.63) is 46.0 Å². The van der Waals surface area contributed by atoms with Crippen LogP contribution in [-0.2, 0) is 4.84 Å². The van der Waals surface area contributed by atoms with Crippen LogP contribution in [0.2, 0.25) is 0 Å². The molecule has 208 valence electrons. The number of allylic oxidation sites excluding steroid dienone is 2. The van der Waals surface area contributed by atoms with Crippen molar-refractivity contribution in [3.8, 4) is 0 Å². The van der Waals surface area contributed by atoms with E-state index in [0.717, 1.165) is 75.1 Å². The van der Waals surface area contributed by atoms with Gasteiger partial charge in [0.15, 0.2) is 0 Å². The van der Waals surface area contributed by atoms with Gasteiger partial charge in [0.05, 0.1) is 17.6 Å². The van der Waals surface area contributed by atoms with Crippen LogP contribution in [0.25, 0.3) is 0 Å². The van der Waals surface area contributed by atoms with Crippen LogP contribution in [0.5, 0.6) is 0 Å². The van der Waals surface area contributed by atoms with Crippen molar-refractivity contribution >= 4 is 5.71 Å². The number of rotatable bonds is 5. The van der Waals surface area contributed by atoms with Gasteiger partial charge in [-0.15, -0.1) is 0 Å². The number of piperidine rings is 1. The highest BCUT2D eigenvalue weighted by Gasteiger charge is 2.66. The molecule has 6 atom stereocenters. The van der Waals surface area contributed by atoms with Gasteiger partial charge in [-0.1, -0.05) is 31.5 Å². The maximum atomic E-state index is 12.4. The van der Waals surface area contributed by atoms with Crippen molar-refractivity contribution in [2.45, 2.75) is 96.5 Å². The van der Waals surface area contributed by atoms with Crippen LogP contribution in [0.15, 0.2) is 44.4 Å². The number of hydrogen-bond acceptors (Lipinski definition) is 6. The van der Waals surface area contributed by atoms with Crippen LogP contribution >= 0.6 is 0 Å². The molecule has 1 saturated heterocycles. The van der Waals surface area contributed by atoms with Crippen molar-refractivity contribution in [3.63, 3.8) is 0 Å². The highest BCUT2D eigenvalue weighted by Crippen LogP contribution is 2.69. The van der Waals surface area contributed by atoms with Crippen LogP contribution in [-0.4, -0.2) is 47.6 Å². The third-order valence-electron chi connectivity index (χ3n) is 11.8. The van der Waals surface area contributed by atoms with E-state index in [-0.39, 0.29) is 22.4 Å². The Kier molecular flexibility index (Phi) is 6.87. The predicted molar refractivity (Wildman–Crippen MR) is 149 cm³/mol. The molecule has 38 heavy (non-hydrogen) atoms. The molecule has 3 saturated carbocycles. The first kappa shape index (κ1) is 26.3. The fourth-order valence-electron chi connectivity index (χ4n) is 9.30. The number of likely N-dealkylation sites (tertiary alicyclic amines) is 1. The number of oxime groups is 1. The second-order valence-corrected chi connectivity index (χ2v) is 13.6. The second-order valence-electron chi connectivity index (χ2n) is 13.6. The van der Waals surface area contributed by atoms with Gasteiger partial charge in [0.25, 0.3) is 0 Å². The Morgan fingerprint density at radius 3 is 2.63 bits per heavy atom. The minimum absolute atomic E-state index is 0.126. The molecule has 6 rings (SSSR count). The molecule has 0 aromatic carbocycles. The topological polar surface area (TPSA) is 75.3 Å². The fraction of sp³-hybridized carbons (Fsp3) is 0.750. The molecule has 1 N–H and O–H groups in total. The van der Waals surface area contributed by atoms with Crippen molar-refractivity contribution < 1.29 is 14.4 Å². The van der Waals surface area contributed by atoms with E-state index in [4.69, 9.17) is 9.25 Å². The Bertz CT molecular complexity index is 1130. The minimum Gasteiger partial charge on any atom is -0.431 e. The summed E-state index contributed by atoms with van der Waals surface area (Å²) >= 11 is 0. The molecule has 1 aromatic rings. The van der Waals surface area contributed by atoms with E-state index in [1.54, 1.807) is 6.26 Å². The molecule has 4 aliphatic carbocycles. The molecular formula is C32H46N2O4. The van der Waals surface area contributed by atoms with Crippen LogP contribution in [0, 0.1) is 28.6 Å². The summed E-state index contributed by atoms with van der Waals surface area (Å²) in [7, 11) is 0. The first-order chi connectivity index (χ1) is 18.2. The SMILES string of the molecule is CC1CCN(CCO/N=C2/C=C3CC[C@@H]4C(CC[C@]5(C)[C@@H](c6ccc(=O)oc6)CC[C@]45O)[C@@]3(C)CC2)CC1. The van der Waals surface area contributed by atoms with Crippen molar-refractivity contribution in [1.82, 2.24) is 4.90 Å². The average Bonchev–Trinajstić information content (AvgIpc) is 3.19.